The van der Waals surface area contributed by atoms with Gasteiger partial charge in [0.2, 0.25) is 0 Å². The molecule has 0 saturated carbocycles. The zero-order chi connectivity index (χ0) is 9.02. The van der Waals surface area contributed by atoms with Gasteiger partial charge in [0, 0.05) is 0 Å². The molecule has 0 aromatic carbocycles. The van der Waals surface area contributed by atoms with Crippen molar-refractivity contribution in [1.29, 1.82) is 0 Å². The first-order valence-corrected chi connectivity index (χ1v) is 3.34. The summed E-state index contributed by atoms with van der Waals surface area (Å²) in [6, 6.07) is 0. The standard InChI is InChI=1S/C8H12O3/c1-5(4-8(10)11)6(2)7(3)9/h4H2,1-3H3,(H,10,11)/b6-5+. The van der Waals surface area contributed by atoms with E-state index in [2.05, 4.69) is 0 Å². The molecule has 0 bridgehead atoms. The summed E-state index contributed by atoms with van der Waals surface area (Å²) in [5.74, 6) is -0.966. The third kappa shape index (κ3) is 3.55. The number of hydrogen-bond donors (Lipinski definition) is 1. The van der Waals surface area contributed by atoms with Crippen LogP contribution >= 0.6 is 0 Å². The van der Waals surface area contributed by atoms with E-state index >= 15 is 0 Å². The van der Waals surface area contributed by atoms with Crippen molar-refractivity contribution in [1.82, 2.24) is 0 Å². The Morgan fingerprint density at radius 3 is 1.91 bits per heavy atom. The molecule has 62 valence electrons. The molecule has 0 fully saturated rings. The number of carboxylic acids is 1. The molecule has 3 nitrogen and oxygen atoms in total. The Balaban J connectivity index is 4.40. The normalized spacial score (nSPS) is 12.3. The van der Waals surface area contributed by atoms with E-state index < -0.39 is 5.97 Å². The van der Waals surface area contributed by atoms with E-state index in [0.717, 1.165) is 0 Å². The summed E-state index contributed by atoms with van der Waals surface area (Å²) in [6.07, 6.45) is -0.0502. The highest BCUT2D eigenvalue weighted by Crippen LogP contribution is 2.08. The maximum atomic E-state index is 10.7. The number of carbonyl (C=O) groups is 2. The summed E-state index contributed by atoms with van der Waals surface area (Å²) in [4.78, 5) is 20.9. The molecular weight excluding hydrogens is 144 g/mol. The Hall–Kier alpha value is -1.12. The van der Waals surface area contributed by atoms with E-state index in [1.54, 1.807) is 13.8 Å². The fourth-order valence-electron chi connectivity index (χ4n) is 0.660. The van der Waals surface area contributed by atoms with E-state index in [1.165, 1.54) is 6.92 Å². The van der Waals surface area contributed by atoms with Crippen LogP contribution in [0.5, 0.6) is 0 Å². The van der Waals surface area contributed by atoms with Crippen LogP contribution in [0.25, 0.3) is 0 Å². The van der Waals surface area contributed by atoms with E-state index in [1.807, 2.05) is 0 Å². The predicted molar refractivity (Wildman–Crippen MR) is 41.3 cm³/mol. The molecule has 0 saturated heterocycles. The molecule has 0 amide bonds. The van der Waals surface area contributed by atoms with Crippen molar-refractivity contribution in [2.75, 3.05) is 0 Å². The van der Waals surface area contributed by atoms with Crippen molar-refractivity contribution in [3.05, 3.63) is 11.1 Å². The van der Waals surface area contributed by atoms with Crippen LogP contribution in [-0.4, -0.2) is 16.9 Å². The van der Waals surface area contributed by atoms with Gasteiger partial charge in [-0.2, -0.15) is 0 Å². The number of ketones is 1. The first-order valence-electron chi connectivity index (χ1n) is 3.34. The quantitative estimate of drug-likeness (QED) is 0.628. The number of allylic oxidation sites excluding steroid dienone is 1. The lowest BCUT2D eigenvalue weighted by Gasteiger charge is -2.00. The second-order valence-corrected chi connectivity index (χ2v) is 2.53. The number of hydrogen-bond acceptors (Lipinski definition) is 2. The smallest absolute Gasteiger partial charge is 0.307 e. The van der Waals surface area contributed by atoms with Gasteiger partial charge in [-0.15, -0.1) is 0 Å². The molecule has 0 heterocycles. The average molecular weight is 156 g/mol. The Morgan fingerprint density at radius 2 is 1.64 bits per heavy atom. The molecule has 0 aliphatic heterocycles. The first-order chi connectivity index (χ1) is 4.95. The monoisotopic (exact) mass is 156 g/mol. The number of carboxylic acid groups (broad SMARTS) is 1. The molecule has 0 aliphatic rings. The van der Waals surface area contributed by atoms with Crippen LogP contribution in [0, 0.1) is 0 Å². The van der Waals surface area contributed by atoms with Crippen LogP contribution in [0.15, 0.2) is 11.1 Å². The van der Waals surface area contributed by atoms with Crippen molar-refractivity contribution in [3.63, 3.8) is 0 Å². The number of Topliss-reactive ketones (excluding diaryl/α,β-unsaturated/α-hetero) is 1. The highest BCUT2D eigenvalue weighted by Gasteiger charge is 2.05. The molecular formula is C8H12O3. The number of rotatable bonds is 3. The Bertz CT molecular complexity index is 213. The van der Waals surface area contributed by atoms with Gasteiger partial charge < -0.3 is 5.11 Å². The average Bonchev–Trinajstić information content (AvgIpc) is 1.84. The van der Waals surface area contributed by atoms with Crippen molar-refractivity contribution in [2.24, 2.45) is 0 Å². The van der Waals surface area contributed by atoms with Crippen molar-refractivity contribution < 1.29 is 14.7 Å². The van der Waals surface area contributed by atoms with Crippen molar-refractivity contribution >= 4 is 11.8 Å². The van der Waals surface area contributed by atoms with Gasteiger partial charge in [-0.05, 0) is 26.3 Å². The van der Waals surface area contributed by atoms with Crippen LogP contribution in [0.1, 0.15) is 27.2 Å². The van der Waals surface area contributed by atoms with Gasteiger partial charge >= 0.3 is 5.97 Å². The van der Waals surface area contributed by atoms with E-state index in [4.69, 9.17) is 5.11 Å². The van der Waals surface area contributed by atoms with Crippen molar-refractivity contribution in [3.8, 4) is 0 Å². The molecule has 0 aliphatic carbocycles. The minimum atomic E-state index is -0.900. The Kier molecular flexibility index (Phi) is 3.51. The van der Waals surface area contributed by atoms with Gasteiger partial charge in [-0.25, -0.2) is 0 Å². The molecule has 0 radical (unpaired) electrons. The zero-order valence-electron chi connectivity index (χ0n) is 6.97. The summed E-state index contributed by atoms with van der Waals surface area (Å²) < 4.78 is 0. The molecule has 0 aromatic rings. The molecule has 1 N–H and O–H groups in total. The highest BCUT2D eigenvalue weighted by molar-refractivity contribution is 5.94. The Labute approximate surface area is 65.7 Å². The molecule has 0 unspecified atom stereocenters. The topological polar surface area (TPSA) is 54.4 Å². The largest absolute Gasteiger partial charge is 0.481 e. The van der Waals surface area contributed by atoms with Gasteiger partial charge in [0.1, 0.15) is 0 Å². The van der Waals surface area contributed by atoms with E-state index in [9.17, 15) is 9.59 Å². The fourth-order valence-corrected chi connectivity index (χ4v) is 0.660. The molecule has 0 spiro atoms. The van der Waals surface area contributed by atoms with Gasteiger partial charge in [-0.1, -0.05) is 5.57 Å². The fraction of sp³-hybridized carbons (Fsp3) is 0.500. The zero-order valence-corrected chi connectivity index (χ0v) is 6.97. The van der Waals surface area contributed by atoms with E-state index in [-0.39, 0.29) is 12.2 Å². The predicted octanol–water partition coefficient (Wildman–Crippen LogP) is 1.39. The van der Waals surface area contributed by atoms with Crippen LogP contribution in [-0.2, 0) is 9.59 Å². The lowest BCUT2D eigenvalue weighted by Crippen LogP contribution is -2.01. The SMILES string of the molecule is CC(=O)/C(C)=C(\C)CC(=O)O. The second kappa shape index (κ2) is 3.91. The second-order valence-electron chi connectivity index (χ2n) is 2.53. The summed E-state index contributed by atoms with van der Waals surface area (Å²) in [5, 5.41) is 8.37. The summed E-state index contributed by atoms with van der Waals surface area (Å²) in [6.45, 7) is 4.73. The van der Waals surface area contributed by atoms with Crippen molar-refractivity contribution in [2.45, 2.75) is 27.2 Å². The molecule has 3 heteroatoms. The molecule has 0 aromatic heterocycles. The third-order valence-corrected chi connectivity index (χ3v) is 1.58. The van der Waals surface area contributed by atoms with Gasteiger partial charge in [0.15, 0.2) is 5.78 Å². The highest BCUT2D eigenvalue weighted by atomic mass is 16.4. The third-order valence-electron chi connectivity index (χ3n) is 1.58. The van der Waals surface area contributed by atoms with Crippen LogP contribution in [0.2, 0.25) is 0 Å². The van der Waals surface area contributed by atoms with Crippen LogP contribution < -0.4 is 0 Å². The lowest BCUT2D eigenvalue weighted by molar-refractivity contribution is -0.136. The minimum Gasteiger partial charge on any atom is -0.481 e. The number of carbonyl (C=O) groups excluding carboxylic acids is 1. The minimum absolute atomic E-state index is 0.0502. The van der Waals surface area contributed by atoms with Crippen LogP contribution in [0.4, 0.5) is 0 Å². The number of aliphatic carboxylic acids is 1. The molecule has 0 atom stereocenters. The Morgan fingerprint density at radius 1 is 1.18 bits per heavy atom. The van der Waals surface area contributed by atoms with Gasteiger partial charge in [0.25, 0.3) is 0 Å². The molecule has 0 rings (SSSR count). The summed E-state index contributed by atoms with van der Waals surface area (Å²) in [5.41, 5.74) is 1.18. The lowest BCUT2D eigenvalue weighted by atomic mass is 10.1. The maximum absolute atomic E-state index is 10.7. The first kappa shape index (κ1) is 9.88. The van der Waals surface area contributed by atoms with Gasteiger partial charge in [0.05, 0.1) is 6.42 Å². The summed E-state index contributed by atoms with van der Waals surface area (Å²) in [7, 11) is 0. The maximum Gasteiger partial charge on any atom is 0.307 e. The van der Waals surface area contributed by atoms with Crippen LogP contribution in [0.3, 0.4) is 0 Å². The van der Waals surface area contributed by atoms with Gasteiger partial charge in [-0.3, -0.25) is 9.59 Å². The summed E-state index contributed by atoms with van der Waals surface area (Å²) >= 11 is 0. The van der Waals surface area contributed by atoms with E-state index in [0.29, 0.717) is 11.1 Å². The molecule has 11 heavy (non-hydrogen) atoms.